The third-order valence-electron chi connectivity index (χ3n) is 3.84. The van der Waals surface area contributed by atoms with E-state index < -0.39 is 10.9 Å². The molecule has 0 radical (unpaired) electrons. The quantitative estimate of drug-likeness (QED) is 0.386. The first-order valence-corrected chi connectivity index (χ1v) is 6.97. The summed E-state index contributed by atoms with van der Waals surface area (Å²) in [6.45, 7) is 3.98. The van der Waals surface area contributed by atoms with E-state index in [4.69, 9.17) is 5.73 Å². The van der Waals surface area contributed by atoms with Gasteiger partial charge in [0.1, 0.15) is 0 Å². The molecule has 7 nitrogen and oxygen atoms in total. The molecule has 1 heterocycles. The number of hydrogen-bond acceptors (Lipinski definition) is 4. The van der Waals surface area contributed by atoms with Gasteiger partial charge in [-0.05, 0) is 17.7 Å². The van der Waals surface area contributed by atoms with Crippen LogP contribution in [0.25, 0.3) is 16.5 Å². The van der Waals surface area contributed by atoms with E-state index in [1.54, 1.807) is 18.3 Å². The number of carboxylic acids is 1. The summed E-state index contributed by atoms with van der Waals surface area (Å²) in [5, 5.41) is 20.9. The Bertz CT molecular complexity index is 1000. The standard InChI is InChI=1S/C17H13N3O4/c1-9(13-7-10(20(23)24)5-6-15(13)18)14-8-19-16-11(14)3-2-4-12(16)17(21)22/h2-8,19H,1,18H2,(H,21,22). The lowest BCUT2D eigenvalue weighted by molar-refractivity contribution is -0.384. The third kappa shape index (κ3) is 2.38. The number of H-pyrrole nitrogens is 1. The van der Waals surface area contributed by atoms with Crippen LogP contribution in [0.2, 0.25) is 0 Å². The van der Waals surface area contributed by atoms with Gasteiger partial charge in [-0.3, -0.25) is 10.1 Å². The van der Waals surface area contributed by atoms with E-state index in [9.17, 15) is 20.0 Å². The first-order chi connectivity index (χ1) is 11.4. The van der Waals surface area contributed by atoms with E-state index in [0.29, 0.717) is 33.3 Å². The van der Waals surface area contributed by atoms with Crippen molar-refractivity contribution in [3.8, 4) is 0 Å². The van der Waals surface area contributed by atoms with Gasteiger partial charge in [0.15, 0.2) is 0 Å². The Labute approximate surface area is 136 Å². The molecule has 0 saturated heterocycles. The molecule has 3 aromatic rings. The van der Waals surface area contributed by atoms with Crippen molar-refractivity contribution in [1.29, 1.82) is 0 Å². The molecule has 0 atom stereocenters. The van der Waals surface area contributed by atoms with Crippen molar-refractivity contribution >= 4 is 33.8 Å². The minimum atomic E-state index is -1.05. The summed E-state index contributed by atoms with van der Waals surface area (Å²) in [6, 6.07) is 9.02. The van der Waals surface area contributed by atoms with E-state index in [-0.39, 0.29) is 11.3 Å². The van der Waals surface area contributed by atoms with E-state index in [1.807, 2.05) is 0 Å². The highest BCUT2D eigenvalue weighted by molar-refractivity contribution is 6.07. The number of anilines is 1. The first kappa shape index (κ1) is 15.3. The highest BCUT2D eigenvalue weighted by Crippen LogP contribution is 2.34. The van der Waals surface area contributed by atoms with Gasteiger partial charge in [0.2, 0.25) is 0 Å². The lowest BCUT2D eigenvalue weighted by Gasteiger charge is -2.08. The second kappa shape index (κ2) is 5.54. The Balaban J connectivity index is 2.17. The molecule has 3 rings (SSSR count). The first-order valence-electron chi connectivity index (χ1n) is 6.97. The molecule has 0 unspecified atom stereocenters. The number of benzene rings is 2. The number of aromatic amines is 1. The number of hydrogen-bond donors (Lipinski definition) is 3. The second-order valence-electron chi connectivity index (χ2n) is 5.24. The summed E-state index contributed by atoms with van der Waals surface area (Å²) in [5.74, 6) is -1.05. The van der Waals surface area contributed by atoms with Crippen LogP contribution >= 0.6 is 0 Å². The second-order valence-corrected chi connectivity index (χ2v) is 5.24. The molecule has 2 aromatic carbocycles. The average molecular weight is 323 g/mol. The lowest BCUT2D eigenvalue weighted by Crippen LogP contribution is -1.98. The minimum Gasteiger partial charge on any atom is -0.478 e. The number of rotatable bonds is 4. The van der Waals surface area contributed by atoms with Gasteiger partial charge in [0, 0.05) is 40.5 Å². The normalized spacial score (nSPS) is 10.7. The molecule has 4 N–H and O–H groups in total. The van der Waals surface area contributed by atoms with Crippen molar-refractivity contribution in [2.75, 3.05) is 5.73 Å². The number of fused-ring (bicyclic) bond motifs is 1. The third-order valence-corrected chi connectivity index (χ3v) is 3.84. The molecule has 0 bridgehead atoms. The number of carboxylic acid groups (broad SMARTS) is 1. The summed E-state index contributed by atoms with van der Waals surface area (Å²) in [6.07, 6.45) is 1.62. The van der Waals surface area contributed by atoms with Crippen LogP contribution in [0.15, 0.2) is 49.2 Å². The average Bonchev–Trinajstić information content (AvgIpc) is 2.98. The van der Waals surface area contributed by atoms with Gasteiger partial charge in [-0.15, -0.1) is 0 Å². The van der Waals surface area contributed by atoms with Gasteiger partial charge in [-0.1, -0.05) is 18.7 Å². The zero-order chi connectivity index (χ0) is 17.4. The SMILES string of the molecule is C=C(c1cc([N+](=O)[O-])ccc1N)c1c[nH]c2c(C(=O)O)cccc12. The fourth-order valence-corrected chi connectivity index (χ4v) is 2.65. The van der Waals surface area contributed by atoms with E-state index in [0.717, 1.165) is 0 Å². The molecule has 24 heavy (non-hydrogen) atoms. The fourth-order valence-electron chi connectivity index (χ4n) is 2.65. The van der Waals surface area contributed by atoms with Crippen LogP contribution in [0.4, 0.5) is 11.4 Å². The van der Waals surface area contributed by atoms with Crippen LogP contribution in [-0.2, 0) is 0 Å². The van der Waals surface area contributed by atoms with Crippen LogP contribution in [0.5, 0.6) is 0 Å². The summed E-state index contributed by atoms with van der Waals surface area (Å²) in [4.78, 5) is 24.7. The van der Waals surface area contributed by atoms with Gasteiger partial charge in [-0.25, -0.2) is 4.79 Å². The number of carbonyl (C=O) groups is 1. The van der Waals surface area contributed by atoms with Crippen LogP contribution < -0.4 is 5.73 Å². The molecule has 0 aliphatic heterocycles. The maximum Gasteiger partial charge on any atom is 0.337 e. The highest BCUT2D eigenvalue weighted by atomic mass is 16.6. The molecular weight excluding hydrogens is 310 g/mol. The van der Waals surface area contributed by atoms with Gasteiger partial charge in [0.05, 0.1) is 16.0 Å². The Morgan fingerprint density at radius 2 is 1.96 bits per heavy atom. The minimum absolute atomic E-state index is 0.0913. The van der Waals surface area contributed by atoms with Crippen molar-refractivity contribution in [2.45, 2.75) is 0 Å². The molecule has 0 aliphatic carbocycles. The maximum atomic E-state index is 11.3. The number of para-hydroxylation sites is 1. The van der Waals surface area contributed by atoms with Crippen LogP contribution in [0, 0.1) is 10.1 Å². The van der Waals surface area contributed by atoms with Crippen LogP contribution in [-0.4, -0.2) is 21.0 Å². The number of aromatic nitrogens is 1. The number of nitrogens with two attached hydrogens (primary N) is 1. The molecule has 120 valence electrons. The fraction of sp³-hybridized carbons (Fsp3) is 0. The summed E-state index contributed by atoms with van der Waals surface area (Å²) < 4.78 is 0. The molecule has 0 saturated carbocycles. The Hall–Kier alpha value is -3.61. The predicted octanol–water partition coefficient (Wildman–Crippen LogP) is 3.42. The largest absolute Gasteiger partial charge is 0.478 e. The number of aromatic carboxylic acids is 1. The van der Waals surface area contributed by atoms with Crippen molar-refractivity contribution in [3.63, 3.8) is 0 Å². The molecule has 0 aliphatic rings. The summed E-state index contributed by atoms with van der Waals surface area (Å²) in [7, 11) is 0. The smallest absolute Gasteiger partial charge is 0.337 e. The van der Waals surface area contributed by atoms with Crippen molar-refractivity contribution in [2.24, 2.45) is 0 Å². The summed E-state index contributed by atoms with van der Waals surface area (Å²) >= 11 is 0. The molecule has 0 fully saturated rings. The number of non-ortho nitro benzene ring substituents is 1. The predicted molar refractivity (Wildman–Crippen MR) is 90.9 cm³/mol. The van der Waals surface area contributed by atoms with Crippen LogP contribution in [0.3, 0.4) is 0 Å². The van der Waals surface area contributed by atoms with Crippen molar-refractivity contribution in [3.05, 3.63) is 76.0 Å². The van der Waals surface area contributed by atoms with Gasteiger partial charge in [-0.2, -0.15) is 0 Å². The Morgan fingerprint density at radius 3 is 2.62 bits per heavy atom. The Kier molecular flexibility index (Phi) is 3.53. The van der Waals surface area contributed by atoms with Gasteiger partial charge in [0.25, 0.3) is 5.69 Å². The van der Waals surface area contributed by atoms with E-state index >= 15 is 0 Å². The zero-order valence-electron chi connectivity index (χ0n) is 12.4. The van der Waals surface area contributed by atoms with Gasteiger partial charge < -0.3 is 15.8 Å². The monoisotopic (exact) mass is 323 g/mol. The molecule has 0 amide bonds. The maximum absolute atomic E-state index is 11.3. The Morgan fingerprint density at radius 1 is 1.21 bits per heavy atom. The number of nitro benzene ring substituents is 1. The van der Waals surface area contributed by atoms with Gasteiger partial charge >= 0.3 is 5.97 Å². The molecule has 0 spiro atoms. The molecule has 1 aromatic heterocycles. The lowest BCUT2D eigenvalue weighted by atomic mass is 9.96. The number of nitrogen functional groups attached to an aromatic ring is 1. The van der Waals surface area contributed by atoms with E-state index in [2.05, 4.69) is 11.6 Å². The van der Waals surface area contributed by atoms with Crippen LogP contribution in [0.1, 0.15) is 21.5 Å². The molecule has 7 heteroatoms. The van der Waals surface area contributed by atoms with Crippen molar-refractivity contribution < 1.29 is 14.8 Å². The summed E-state index contributed by atoms with van der Waals surface area (Å²) in [5.41, 5.74) is 8.35. The van der Waals surface area contributed by atoms with Crippen molar-refractivity contribution in [1.82, 2.24) is 4.98 Å². The molecular formula is C17H13N3O4. The number of nitro groups is 1. The highest BCUT2D eigenvalue weighted by Gasteiger charge is 2.17. The zero-order valence-corrected chi connectivity index (χ0v) is 12.4. The number of nitrogens with one attached hydrogen (secondary N) is 1. The van der Waals surface area contributed by atoms with E-state index in [1.165, 1.54) is 24.3 Å². The number of nitrogens with zero attached hydrogens (tertiary/aromatic N) is 1. The topological polar surface area (TPSA) is 122 Å².